The van der Waals surface area contributed by atoms with Crippen molar-refractivity contribution in [3.05, 3.63) is 41.7 Å². The molecule has 1 aliphatic rings. The van der Waals surface area contributed by atoms with Crippen LogP contribution in [0.2, 0.25) is 0 Å². The zero-order valence-corrected chi connectivity index (χ0v) is 14.9. The van der Waals surface area contributed by atoms with Gasteiger partial charge in [0.15, 0.2) is 0 Å². The van der Waals surface area contributed by atoms with E-state index in [1.165, 1.54) is 18.4 Å². The molecule has 0 unspecified atom stereocenters. The van der Waals surface area contributed by atoms with Crippen molar-refractivity contribution in [1.29, 1.82) is 0 Å². The minimum Gasteiger partial charge on any atom is -0.355 e. The summed E-state index contributed by atoms with van der Waals surface area (Å²) in [4.78, 5) is 16.2. The number of nitrogens with zero attached hydrogens (tertiary/aromatic N) is 2. The first-order chi connectivity index (χ1) is 11.4. The number of pyridine rings is 1. The predicted molar refractivity (Wildman–Crippen MR) is 93.7 cm³/mol. The fraction of sp³-hybridized carbons (Fsp3) is 0.529. The number of aromatic nitrogens is 1. The highest BCUT2D eigenvalue weighted by Gasteiger charge is 2.20. The highest BCUT2D eigenvalue weighted by molar-refractivity contribution is 7.88. The molecule has 0 aromatic carbocycles. The van der Waals surface area contributed by atoms with Crippen molar-refractivity contribution >= 4 is 15.9 Å². The summed E-state index contributed by atoms with van der Waals surface area (Å²) in [6.45, 7) is 0.457. The van der Waals surface area contributed by atoms with E-state index in [0.717, 1.165) is 29.8 Å². The predicted octanol–water partition coefficient (Wildman–Crippen LogP) is 1.85. The average molecular weight is 351 g/mol. The lowest BCUT2D eigenvalue weighted by Gasteiger charge is -2.19. The molecule has 0 spiro atoms. The van der Waals surface area contributed by atoms with Gasteiger partial charge in [0.05, 0.1) is 25.0 Å². The summed E-state index contributed by atoms with van der Waals surface area (Å²) in [7, 11) is -3.48. The molecular weight excluding hydrogens is 326 g/mol. The van der Waals surface area contributed by atoms with E-state index in [0.29, 0.717) is 12.2 Å². The molecule has 1 N–H and O–H groups in total. The highest BCUT2D eigenvalue weighted by atomic mass is 32.2. The first kappa shape index (κ1) is 18.6. The minimum atomic E-state index is -3.48. The van der Waals surface area contributed by atoms with Gasteiger partial charge in [-0.1, -0.05) is 17.7 Å². The molecule has 0 saturated carbocycles. The molecule has 0 bridgehead atoms. The van der Waals surface area contributed by atoms with Crippen LogP contribution in [0.5, 0.6) is 0 Å². The van der Waals surface area contributed by atoms with Crippen LogP contribution < -0.4 is 5.32 Å². The van der Waals surface area contributed by atoms with Gasteiger partial charge in [-0.05, 0) is 44.2 Å². The maximum absolute atomic E-state index is 12.1. The van der Waals surface area contributed by atoms with E-state index in [1.807, 2.05) is 0 Å². The molecule has 0 atom stereocenters. The summed E-state index contributed by atoms with van der Waals surface area (Å²) >= 11 is 0. The summed E-state index contributed by atoms with van der Waals surface area (Å²) in [5.74, 6) is -0.284. The van der Waals surface area contributed by atoms with Gasteiger partial charge in [0.25, 0.3) is 0 Å². The van der Waals surface area contributed by atoms with E-state index in [1.54, 1.807) is 24.4 Å². The van der Waals surface area contributed by atoms with Crippen LogP contribution in [0.25, 0.3) is 0 Å². The smallest absolute Gasteiger partial charge is 0.235 e. The third-order valence-electron chi connectivity index (χ3n) is 4.01. The third-order valence-corrected chi connectivity index (χ3v) is 5.20. The first-order valence-electron chi connectivity index (χ1n) is 8.25. The topological polar surface area (TPSA) is 79.4 Å². The second kappa shape index (κ2) is 8.94. The lowest BCUT2D eigenvalue weighted by atomic mass is 9.97. The Morgan fingerprint density at radius 1 is 1.33 bits per heavy atom. The molecule has 1 heterocycles. The largest absolute Gasteiger partial charge is 0.355 e. The molecule has 0 aliphatic heterocycles. The lowest BCUT2D eigenvalue weighted by molar-refractivity contribution is -0.121. The van der Waals surface area contributed by atoms with E-state index >= 15 is 0 Å². The van der Waals surface area contributed by atoms with Crippen LogP contribution in [0.4, 0.5) is 0 Å². The molecular formula is C17H25N3O3S. The van der Waals surface area contributed by atoms with Crippen molar-refractivity contribution in [3.63, 3.8) is 0 Å². The van der Waals surface area contributed by atoms with Crippen LogP contribution in [0.15, 0.2) is 36.0 Å². The first-order valence-corrected chi connectivity index (χ1v) is 10.1. The molecule has 0 radical (unpaired) electrons. The van der Waals surface area contributed by atoms with Gasteiger partial charge in [-0.15, -0.1) is 0 Å². The molecule has 6 nitrogen and oxygen atoms in total. The summed E-state index contributed by atoms with van der Waals surface area (Å²) < 4.78 is 24.9. The van der Waals surface area contributed by atoms with Gasteiger partial charge in [-0.25, -0.2) is 8.42 Å². The number of hydrogen-bond acceptors (Lipinski definition) is 4. The monoisotopic (exact) mass is 351 g/mol. The van der Waals surface area contributed by atoms with Crippen LogP contribution in [-0.4, -0.2) is 43.0 Å². The lowest BCUT2D eigenvalue weighted by Crippen LogP contribution is -2.40. The molecule has 7 heteroatoms. The Bertz CT molecular complexity index is 672. The van der Waals surface area contributed by atoms with Crippen molar-refractivity contribution < 1.29 is 13.2 Å². The SMILES string of the molecule is CS(=O)(=O)N(CC(=O)NCCC1=CCCCC1)Cc1ccccn1. The summed E-state index contributed by atoms with van der Waals surface area (Å²) in [5.41, 5.74) is 2.00. The maximum Gasteiger partial charge on any atom is 0.235 e. The maximum atomic E-state index is 12.1. The second-order valence-electron chi connectivity index (χ2n) is 6.06. The minimum absolute atomic E-state index is 0.0955. The Morgan fingerprint density at radius 2 is 2.17 bits per heavy atom. The highest BCUT2D eigenvalue weighted by Crippen LogP contribution is 2.19. The second-order valence-corrected chi connectivity index (χ2v) is 8.04. The van der Waals surface area contributed by atoms with Crippen molar-refractivity contribution in [3.8, 4) is 0 Å². The standard InChI is InChI=1S/C17H25N3O3S/c1-24(22,23)20(13-16-9-5-6-11-18-16)14-17(21)19-12-10-15-7-3-2-4-8-15/h5-7,9,11H,2-4,8,10,12-14H2,1H3,(H,19,21). The van der Waals surface area contributed by atoms with Crippen LogP contribution in [0, 0.1) is 0 Å². The van der Waals surface area contributed by atoms with Gasteiger partial charge in [0, 0.05) is 12.7 Å². The number of carbonyl (C=O) groups excluding carboxylic acids is 1. The van der Waals surface area contributed by atoms with Crippen LogP contribution >= 0.6 is 0 Å². The van der Waals surface area contributed by atoms with Gasteiger partial charge < -0.3 is 5.32 Å². The van der Waals surface area contributed by atoms with Crippen LogP contribution in [0.3, 0.4) is 0 Å². The number of nitrogens with one attached hydrogen (secondary N) is 1. The zero-order valence-electron chi connectivity index (χ0n) is 14.1. The molecule has 1 amide bonds. The van der Waals surface area contributed by atoms with E-state index in [9.17, 15) is 13.2 Å². The zero-order chi connectivity index (χ0) is 17.4. The van der Waals surface area contributed by atoms with Crippen molar-refractivity contribution in [1.82, 2.24) is 14.6 Å². The summed E-state index contributed by atoms with van der Waals surface area (Å²) in [5, 5.41) is 2.81. The van der Waals surface area contributed by atoms with Crippen molar-refractivity contribution in [2.24, 2.45) is 0 Å². The van der Waals surface area contributed by atoms with Crippen molar-refractivity contribution in [2.75, 3.05) is 19.3 Å². The number of sulfonamides is 1. The van der Waals surface area contributed by atoms with E-state index in [2.05, 4.69) is 16.4 Å². The number of rotatable bonds is 8. The number of hydrogen-bond donors (Lipinski definition) is 1. The third kappa shape index (κ3) is 6.41. The van der Waals surface area contributed by atoms with E-state index in [4.69, 9.17) is 0 Å². The molecule has 132 valence electrons. The molecule has 0 saturated heterocycles. The van der Waals surface area contributed by atoms with E-state index in [-0.39, 0.29) is 19.0 Å². The van der Waals surface area contributed by atoms with E-state index < -0.39 is 10.0 Å². The molecule has 1 aromatic heterocycles. The Labute approximate surface area is 144 Å². The normalized spacial score (nSPS) is 15.2. The number of allylic oxidation sites excluding steroid dienone is 1. The van der Waals surface area contributed by atoms with Gasteiger partial charge in [-0.3, -0.25) is 9.78 Å². The van der Waals surface area contributed by atoms with Gasteiger partial charge >= 0.3 is 0 Å². The quantitative estimate of drug-likeness (QED) is 0.725. The summed E-state index contributed by atoms with van der Waals surface area (Å²) in [6, 6.07) is 5.30. The Balaban J connectivity index is 1.84. The fourth-order valence-corrected chi connectivity index (χ4v) is 3.39. The van der Waals surface area contributed by atoms with Crippen LogP contribution in [0.1, 0.15) is 37.8 Å². The summed E-state index contributed by atoms with van der Waals surface area (Å²) in [6.07, 6.45) is 10.5. The molecule has 0 fully saturated rings. The Morgan fingerprint density at radius 3 is 2.79 bits per heavy atom. The van der Waals surface area contributed by atoms with Crippen LogP contribution in [-0.2, 0) is 21.4 Å². The van der Waals surface area contributed by atoms with Gasteiger partial charge in [0.2, 0.25) is 15.9 Å². The Hall–Kier alpha value is -1.73. The molecule has 1 aliphatic carbocycles. The van der Waals surface area contributed by atoms with Gasteiger partial charge in [0.1, 0.15) is 0 Å². The number of carbonyl (C=O) groups is 1. The van der Waals surface area contributed by atoms with Gasteiger partial charge in [-0.2, -0.15) is 4.31 Å². The number of amides is 1. The Kier molecular flexibility index (Phi) is 6.93. The fourth-order valence-electron chi connectivity index (χ4n) is 2.67. The molecule has 1 aromatic rings. The molecule has 2 rings (SSSR count). The van der Waals surface area contributed by atoms with Crippen molar-refractivity contribution in [2.45, 2.75) is 38.6 Å². The molecule has 24 heavy (non-hydrogen) atoms. The average Bonchev–Trinajstić information content (AvgIpc) is 2.55.